The minimum absolute atomic E-state index is 0.239. The number of hydrogen-bond donors (Lipinski definition) is 1. The molecule has 0 aliphatic heterocycles. The van der Waals surface area contributed by atoms with Crippen molar-refractivity contribution in [3.05, 3.63) is 85.8 Å². The predicted octanol–water partition coefficient (Wildman–Crippen LogP) is 7.03. The Labute approximate surface area is 201 Å². The van der Waals surface area contributed by atoms with Crippen molar-refractivity contribution in [2.75, 3.05) is 13.7 Å². The molecule has 3 rings (SSSR count). The highest BCUT2D eigenvalue weighted by molar-refractivity contribution is 9.10. The van der Waals surface area contributed by atoms with E-state index in [4.69, 9.17) is 37.4 Å². The number of nitrogens with one attached hydrogen (secondary N) is 1. The van der Waals surface area contributed by atoms with Crippen LogP contribution in [-0.4, -0.2) is 13.7 Å². The summed E-state index contributed by atoms with van der Waals surface area (Å²) in [7, 11) is 1.68. The largest absolute Gasteiger partial charge is 0.496 e. The molecule has 0 aromatic heterocycles. The van der Waals surface area contributed by atoms with E-state index < -0.39 is 0 Å². The first-order chi connectivity index (χ1) is 15.0. The van der Waals surface area contributed by atoms with Crippen molar-refractivity contribution in [2.45, 2.75) is 26.6 Å². The predicted molar refractivity (Wildman–Crippen MR) is 130 cm³/mol. The summed E-state index contributed by atoms with van der Waals surface area (Å²) in [4.78, 5) is 0. The summed E-state index contributed by atoms with van der Waals surface area (Å²) in [6, 6.07) is 17.4. The lowest BCUT2D eigenvalue weighted by atomic mass is 10.1. The maximum Gasteiger partial charge on any atom is 0.175 e. The molecule has 3 aromatic carbocycles. The van der Waals surface area contributed by atoms with Crippen LogP contribution in [-0.2, 0) is 19.7 Å². The molecule has 0 bridgehead atoms. The number of ether oxygens (including phenoxy) is 3. The zero-order valence-electron chi connectivity index (χ0n) is 17.4. The fourth-order valence-corrected chi connectivity index (χ4v) is 4.24. The molecule has 0 saturated carbocycles. The second-order valence-electron chi connectivity index (χ2n) is 6.74. The summed E-state index contributed by atoms with van der Waals surface area (Å²) in [5.41, 5.74) is 2.90. The van der Waals surface area contributed by atoms with Gasteiger partial charge in [0.15, 0.2) is 11.5 Å². The van der Waals surface area contributed by atoms with Gasteiger partial charge >= 0.3 is 0 Å². The van der Waals surface area contributed by atoms with E-state index in [2.05, 4.69) is 21.2 Å². The van der Waals surface area contributed by atoms with E-state index >= 15 is 0 Å². The molecule has 0 spiro atoms. The number of benzene rings is 3. The summed E-state index contributed by atoms with van der Waals surface area (Å²) in [6.07, 6.45) is 0. The van der Waals surface area contributed by atoms with Gasteiger partial charge in [0.1, 0.15) is 12.4 Å². The number of hydrogen-bond acceptors (Lipinski definition) is 4. The lowest BCUT2D eigenvalue weighted by Gasteiger charge is -2.17. The van der Waals surface area contributed by atoms with Crippen LogP contribution in [0, 0.1) is 0 Å². The van der Waals surface area contributed by atoms with E-state index in [9.17, 15) is 0 Å². The van der Waals surface area contributed by atoms with Crippen molar-refractivity contribution >= 4 is 39.1 Å². The zero-order valence-corrected chi connectivity index (χ0v) is 20.5. The average molecular weight is 525 g/mol. The summed E-state index contributed by atoms with van der Waals surface area (Å²) < 4.78 is 18.1. The zero-order chi connectivity index (χ0) is 22.2. The van der Waals surface area contributed by atoms with Crippen LogP contribution in [0.4, 0.5) is 0 Å². The van der Waals surface area contributed by atoms with Gasteiger partial charge in [-0.25, -0.2) is 0 Å². The van der Waals surface area contributed by atoms with E-state index in [1.807, 2.05) is 49.4 Å². The van der Waals surface area contributed by atoms with Crippen molar-refractivity contribution < 1.29 is 14.2 Å². The van der Waals surface area contributed by atoms with Gasteiger partial charge in [0.25, 0.3) is 0 Å². The van der Waals surface area contributed by atoms with Crippen molar-refractivity contribution in [1.82, 2.24) is 5.32 Å². The fourth-order valence-electron chi connectivity index (χ4n) is 3.13. The molecule has 0 saturated heterocycles. The smallest absolute Gasteiger partial charge is 0.175 e. The molecular formula is C24H24BrCl2NO3. The Hall–Kier alpha value is -1.92. The van der Waals surface area contributed by atoms with E-state index in [-0.39, 0.29) is 6.61 Å². The summed E-state index contributed by atoms with van der Waals surface area (Å²) in [6.45, 7) is 4.05. The SMILES string of the molecule is CCOc1cc(CNCc2ccccc2OC)cc(Br)c1OCc1c(Cl)cccc1Cl. The van der Waals surface area contributed by atoms with E-state index in [0.29, 0.717) is 41.2 Å². The fraction of sp³-hybridized carbons (Fsp3) is 0.250. The van der Waals surface area contributed by atoms with Gasteiger partial charge in [-0.15, -0.1) is 0 Å². The third-order valence-electron chi connectivity index (χ3n) is 4.63. The lowest BCUT2D eigenvalue weighted by Crippen LogP contribution is -2.13. The molecule has 31 heavy (non-hydrogen) atoms. The Morgan fingerprint density at radius 3 is 2.35 bits per heavy atom. The summed E-state index contributed by atoms with van der Waals surface area (Å²) in [5.74, 6) is 2.15. The number of methoxy groups -OCH3 is 1. The first kappa shape index (κ1) is 23.7. The third kappa shape index (κ3) is 6.30. The molecule has 0 heterocycles. The van der Waals surface area contributed by atoms with Gasteiger partial charge in [-0.3, -0.25) is 0 Å². The Balaban J connectivity index is 1.72. The van der Waals surface area contributed by atoms with Crippen molar-refractivity contribution in [1.29, 1.82) is 0 Å². The number of para-hydroxylation sites is 1. The van der Waals surface area contributed by atoms with E-state index in [0.717, 1.165) is 26.9 Å². The van der Waals surface area contributed by atoms with Crippen LogP contribution >= 0.6 is 39.1 Å². The Morgan fingerprint density at radius 1 is 0.903 bits per heavy atom. The minimum atomic E-state index is 0.239. The second-order valence-corrected chi connectivity index (χ2v) is 8.41. The standard InChI is InChI=1S/C24H24BrCl2NO3/c1-3-30-23-12-16(13-28-14-17-7-4-5-10-22(17)29-2)11-19(25)24(23)31-15-18-20(26)8-6-9-21(18)27/h4-12,28H,3,13-15H2,1-2H3. The highest BCUT2D eigenvalue weighted by Crippen LogP contribution is 2.38. The van der Waals surface area contributed by atoms with Crippen LogP contribution in [0.15, 0.2) is 59.1 Å². The maximum absolute atomic E-state index is 6.27. The highest BCUT2D eigenvalue weighted by Gasteiger charge is 2.15. The quantitative estimate of drug-likeness (QED) is 0.309. The monoisotopic (exact) mass is 523 g/mol. The van der Waals surface area contributed by atoms with Gasteiger partial charge < -0.3 is 19.5 Å². The first-order valence-corrected chi connectivity index (χ1v) is 11.4. The van der Waals surface area contributed by atoms with Gasteiger partial charge in [0.2, 0.25) is 0 Å². The molecule has 0 radical (unpaired) electrons. The van der Waals surface area contributed by atoms with Crippen LogP contribution in [0.2, 0.25) is 10.0 Å². The Bertz CT molecular complexity index is 1010. The van der Waals surface area contributed by atoms with Crippen molar-refractivity contribution in [2.24, 2.45) is 0 Å². The van der Waals surface area contributed by atoms with Crippen molar-refractivity contribution in [3.8, 4) is 17.2 Å². The minimum Gasteiger partial charge on any atom is -0.496 e. The normalized spacial score (nSPS) is 10.7. The maximum atomic E-state index is 6.27. The third-order valence-corrected chi connectivity index (χ3v) is 5.93. The molecule has 7 heteroatoms. The van der Waals surface area contributed by atoms with Crippen LogP contribution in [0.25, 0.3) is 0 Å². The van der Waals surface area contributed by atoms with E-state index in [1.54, 1.807) is 19.2 Å². The molecule has 0 aliphatic rings. The molecular weight excluding hydrogens is 501 g/mol. The molecule has 164 valence electrons. The van der Waals surface area contributed by atoms with Gasteiger partial charge in [0, 0.05) is 34.3 Å². The van der Waals surface area contributed by atoms with Crippen molar-refractivity contribution in [3.63, 3.8) is 0 Å². The van der Waals surface area contributed by atoms with Crippen LogP contribution in [0.5, 0.6) is 17.2 Å². The van der Waals surface area contributed by atoms with Gasteiger partial charge in [-0.05, 0) is 58.7 Å². The van der Waals surface area contributed by atoms with Gasteiger partial charge in [-0.2, -0.15) is 0 Å². The molecule has 0 aliphatic carbocycles. The summed E-state index contributed by atoms with van der Waals surface area (Å²) in [5, 5.41) is 4.59. The molecule has 0 fully saturated rings. The average Bonchev–Trinajstić information content (AvgIpc) is 2.75. The summed E-state index contributed by atoms with van der Waals surface area (Å²) >= 11 is 16.2. The van der Waals surface area contributed by atoms with Crippen LogP contribution in [0.1, 0.15) is 23.6 Å². The second kappa shape index (κ2) is 11.6. The molecule has 4 nitrogen and oxygen atoms in total. The molecule has 0 unspecified atom stereocenters. The van der Waals surface area contributed by atoms with Crippen LogP contribution < -0.4 is 19.5 Å². The first-order valence-electron chi connectivity index (χ1n) is 9.87. The topological polar surface area (TPSA) is 39.7 Å². The molecule has 0 amide bonds. The number of rotatable bonds is 10. The Morgan fingerprint density at radius 2 is 1.65 bits per heavy atom. The van der Waals surface area contributed by atoms with E-state index in [1.165, 1.54) is 0 Å². The van der Waals surface area contributed by atoms with Crippen LogP contribution in [0.3, 0.4) is 0 Å². The molecule has 0 atom stereocenters. The lowest BCUT2D eigenvalue weighted by molar-refractivity contribution is 0.267. The van der Waals surface area contributed by atoms with Gasteiger partial charge in [-0.1, -0.05) is 47.5 Å². The highest BCUT2D eigenvalue weighted by atomic mass is 79.9. The number of halogens is 3. The van der Waals surface area contributed by atoms with Gasteiger partial charge in [0.05, 0.1) is 18.2 Å². The Kier molecular flexibility index (Phi) is 8.90. The molecule has 1 N–H and O–H groups in total. The molecule has 3 aromatic rings.